The van der Waals surface area contributed by atoms with Gasteiger partial charge in [-0.25, -0.2) is 4.98 Å². The Kier molecular flexibility index (Phi) is 4.09. The molecule has 1 aromatic heterocycles. The lowest BCUT2D eigenvalue weighted by atomic mass is 10.2. The van der Waals surface area contributed by atoms with E-state index >= 15 is 0 Å². The standard InChI is InChI=1S/C22H19N3O3/c26-22(24-12-15-5-7-19-20(11-15)28-14-27-19)17-6-8-21(23-13-17)25-10-9-16-3-1-2-4-18(16)25/h1-8,11,13H,9-10,12,14H2,(H,24,26). The van der Waals surface area contributed by atoms with Crippen LogP contribution in [-0.4, -0.2) is 24.2 Å². The summed E-state index contributed by atoms with van der Waals surface area (Å²) in [5, 5.41) is 2.92. The van der Waals surface area contributed by atoms with E-state index in [9.17, 15) is 4.79 Å². The van der Waals surface area contributed by atoms with Gasteiger partial charge >= 0.3 is 0 Å². The highest BCUT2D eigenvalue weighted by Gasteiger charge is 2.21. The number of carbonyl (C=O) groups excluding carboxylic acids is 1. The first-order valence-corrected chi connectivity index (χ1v) is 9.26. The quantitative estimate of drug-likeness (QED) is 0.759. The van der Waals surface area contributed by atoms with Gasteiger partial charge < -0.3 is 19.7 Å². The minimum atomic E-state index is -0.154. The molecule has 28 heavy (non-hydrogen) atoms. The molecule has 1 N–H and O–H groups in total. The minimum absolute atomic E-state index is 0.154. The lowest BCUT2D eigenvalue weighted by molar-refractivity contribution is 0.0950. The Morgan fingerprint density at radius 3 is 2.86 bits per heavy atom. The summed E-state index contributed by atoms with van der Waals surface area (Å²) >= 11 is 0. The Morgan fingerprint density at radius 1 is 1.07 bits per heavy atom. The molecule has 0 saturated heterocycles. The molecule has 0 atom stereocenters. The number of fused-ring (bicyclic) bond motifs is 2. The van der Waals surface area contributed by atoms with Gasteiger partial charge in [0.1, 0.15) is 5.82 Å². The number of benzene rings is 2. The van der Waals surface area contributed by atoms with Crippen molar-refractivity contribution in [3.05, 3.63) is 77.5 Å². The van der Waals surface area contributed by atoms with E-state index in [4.69, 9.17) is 9.47 Å². The van der Waals surface area contributed by atoms with Crippen LogP contribution < -0.4 is 19.7 Å². The number of anilines is 2. The van der Waals surface area contributed by atoms with Gasteiger partial charge in [-0.3, -0.25) is 4.79 Å². The van der Waals surface area contributed by atoms with Gasteiger partial charge in [-0.1, -0.05) is 24.3 Å². The molecule has 0 radical (unpaired) electrons. The number of ether oxygens (including phenoxy) is 2. The van der Waals surface area contributed by atoms with Crippen LogP contribution in [0.5, 0.6) is 11.5 Å². The number of nitrogens with zero attached hydrogens (tertiary/aromatic N) is 2. The zero-order valence-electron chi connectivity index (χ0n) is 15.2. The van der Waals surface area contributed by atoms with Crippen molar-refractivity contribution in [1.82, 2.24) is 10.3 Å². The highest BCUT2D eigenvalue weighted by atomic mass is 16.7. The number of pyridine rings is 1. The Balaban J connectivity index is 1.25. The van der Waals surface area contributed by atoms with Gasteiger partial charge in [-0.05, 0) is 47.9 Å². The summed E-state index contributed by atoms with van der Waals surface area (Å²) in [7, 11) is 0. The van der Waals surface area contributed by atoms with Gasteiger partial charge in [0.25, 0.3) is 5.91 Å². The molecule has 3 heterocycles. The summed E-state index contributed by atoms with van der Waals surface area (Å²) in [5.41, 5.74) is 4.01. The van der Waals surface area contributed by atoms with Crippen LogP contribution in [0.25, 0.3) is 0 Å². The number of hydrogen-bond donors (Lipinski definition) is 1. The largest absolute Gasteiger partial charge is 0.454 e. The van der Waals surface area contributed by atoms with Crippen LogP contribution in [0.1, 0.15) is 21.5 Å². The molecule has 0 spiro atoms. The van der Waals surface area contributed by atoms with Crippen molar-refractivity contribution in [2.45, 2.75) is 13.0 Å². The molecule has 140 valence electrons. The second-order valence-electron chi connectivity index (χ2n) is 6.81. The van der Waals surface area contributed by atoms with Gasteiger partial charge in [-0.2, -0.15) is 0 Å². The van der Waals surface area contributed by atoms with E-state index in [1.165, 1.54) is 11.3 Å². The maximum absolute atomic E-state index is 12.5. The van der Waals surface area contributed by atoms with Crippen LogP contribution in [-0.2, 0) is 13.0 Å². The number of rotatable bonds is 4. The first-order chi connectivity index (χ1) is 13.8. The van der Waals surface area contributed by atoms with Gasteiger partial charge in [0, 0.05) is 25.0 Å². The van der Waals surface area contributed by atoms with Crippen LogP contribution >= 0.6 is 0 Å². The fourth-order valence-corrected chi connectivity index (χ4v) is 3.59. The van der Waals surface area contributed by atoms with Gasteiger partial charge in [0.2, 0.25) is 6.79 Å². The molecule has 0 aliphatic carbocycles. The molecule has 0 fully saturated rings. The molecular formula is C22H19N3O3. The molecule has 1 amide bonds. The zero-order valence-corrected chi connectivity index (χ0v) is 15.2. The molecule has 0 bridgehead atoms. The third-order valence-corrected chi connectivity index (χ3v) is 5.06. The molecule has 2 aromatic carbocycles. The van der Waals surface area contributed by atoms with Crippen molar-refractivity contribution in [3.63, 3.8) is 0 Å². The van der Waals surface area contributed by atoms with Crippen molar-refractivity contribution in [3.8, 4) is 11.5 Å². The fraction of sp³-hybridized carbons (Fsp3) is 0.182. The van der Waals surface area contributed by atoms with Crippen molar-refractivity contribution < 1.29 is 14.3 Å². The number of aromatic nitrogens is 1. The van der Waals surface area contributed by atoms with Crippen LogP contribution in [0.4, 0.5) is 11.5 Å². The van der Waals surface area contributed by atoms with Crippen LogP contribution in [0.3, 0.4) is 0 Å². The van der Waals surface area contributed by atoms with Crippen molar-refractivity contribution >= 4 is 17.4 Å². The second kappa shape index (κ2) is 6.88. The zero-order chi connectivity index (χ0) is 18.9. The Morgan fingerprint density at radius 2 is 1.96 bits per heavy atom. The Bertz CT molecular complexity index is 1030. The molecule has 2 aliphatic heterocycles. The van der Waals surface area contributed by atoms with E-state index in [-0.39, 0.29) is 12.7 Å². The van der Waals surface area contributed by atoms with Crippen molar-refractivity contribution in [2.24, 2.45) is 0 Å². The normalized spacial score (nSPS) is 14.1. The molecule has 3 aromatic rings. The Labute approximate surface area is 162 Å². The third kappa shape index (κ3) is 3.03. The molecule has 0 unspecified atom stereocenters. The predicted octanol–water partition coefficient (Wildman–Crippen LogP) is 3.43. The number of hydrogen-bond acceptors (Lipinski definition) is 5. The summed E-state index contributed by atoms with van der Waals surface area (Å²) in [4.78, 5) is 19.2. The summed E-state index contributed by atoms with van der Waals surface area (Å²) < 4.78 is 10.7. The molecule has 6 heteroatoms. The monoisotopic (exact) mass is 373 g/mol. The third-order valence-electron chi connectivity index (χ3n) is 5.06. The van der Waals surface area contributed by atoms with Crippen molar-refractivity contribution in [2.75, 3.05) is 18.2 Å². The molecule has 6 nitrogen and oxygen atoms in total. The van der Waals surface area contributed by atoms with E-state index in [0.29, 0.717) is 17.9 Å². The maximum Gasteiger partial charge on any atom is 0.253 e. The lowest BCUT2D eigenvalue weighted by Gasteiger charge is -2.18. The summed E-state index contributed by atoms with van der Waals surface area (Å²) in [6.45, 7) is 1.56. The first kappa shape index (κ1) is 16.6. The highest BCUT2D eigenvalue weighted by Crippen LogP contribution is 2.33. The average Bonchev–Trinajstić information content (AvgIpc) is 3.38. The number of carbonyl (C=O) groups is 1. The minimum Gasteiger partial charge on any atom is -0.454 e. The fourth-order valence-electron chi connectivity index (χ4n) is 3.59. The van der Waals surface area contributed by atoms with Crippen molar-refractivity contribution in [1.29, 1.82) is 0 Å². The highest BCUT2D eigenvalue weighted by molar-refractivity contribution is 5.94. The molecule has 0 saturated carbocycles. The predicted molar refractivity (Wildman–Crippen MR) is 105 cm³/mol. The van der Waals surface area contributed by atoms with E-state index < -0.39 is 0 Å². The van der Waals surface area contributed by atoms with Gasteiger partial charge in [0.15, 0.2) is 11.5 Å². The van der Waals surface area contributed by atoms with E-state index in [2.05, 4.69) is 33.4 Å². The van der Waals surface area contributed by atoms with Crippen LogP contribution in [0.15, 0.2) is 60.8 Å². The topological polar surface area (TPSA) is 63.7 Å². The Hall–Kier alpha value is -3.54. The smallest absolute Gasteiger partial charge is 0.253 e. The number of amides is 1. The SMILES string of the molecule is O=C(NCc1ccc2c(c1)OCO2)c1ccc(N2CCc3ccccc32)nc1. The van der Waals surface area contributed by atoms with E-state index in [1.807, 2.05) is 36.4 Å². The average molecular weight is 373 g/mol. The van der Waals surface area contributed by atoms with Crippen LogP contribution in [0, 0.1) is 0 Å². The van der Waals surface area contributed by atoms with E-state index in [0.717, 1.165) is 30.1 Å². The van der Waals surface area contributed by atoms with E-state index in [1.54, 1.807) is 6.20 Å². The molecular weight excluding hydrogens is 354 g/mol. The maximum atomic E-state index is 12.5. The molecule has 5 rings (SSSR count). The second-order valence-corrected chi connectivity index (χ2v) is 6.81. The first-order valence-electron chi connectivity index (χ1n) is 9.26. The summed E-state index contributed by atoms with van der Waals surface area (Å²) in [6, 6.07) is 17.7. The summed E-state index contributed by atoms with van der Waals surface area (Å²) in [5.74, 6) is 2.15. The van der Waals surface area contributed by atoms with Gasteiger partial charge in [0.05, 0.1) is 5.56 Å². The summed E-state index contributed by atoms with van der Waals surface area (Å²) in [6.07, 6.45) is 2.64. The lowest BCUT2D eigenvalue weighted by Crippen LogP contribution is -2.23. The number of nitrogens with one attached hydrogen (secondary N) is 1. The van der Waals surface area contributed by atoms with Gasteiger partial charge in [-0.15, -0.1) is 0 Å². The van der Waals surface area contributed by atoms with Crippen LogP contribution in [0.2, 0.25) is 0 Å². The number of para-hydroxylation sites is 1. The molecule has 2 aliphatic rings.